The van der Waals surface area contributed by atoms with E-state index in [4.69, 9.17) is 5.11 Å². The summed E-state index contributed by atoms with van der Waals surface area (Å²) < 4.78 is 14.2. The SMILES string of the molecule is O=C(O)c1cnc(N2CCCC2c2ccc(Br)c(F)c2)cn1. The number of carboxylic acids is 1. The van der Waals surface area contributed by atoms with Gasteiger partial charge in [0.2, 0.25) is 0 Å². The summed E-state index contributed by atoms with van der Waals surface area (Å²) in [5.41, 5.74) is 0.788. The fourth-order valence-corrected chi connectivity index (χ4v) is 2.93. The zero-order chi connectivity index (χ0) is 15.7. The van der Waals surface area contributed by atoms with Crippen molar-refractivity contribution in [2.24, 2.45) is 0 Å². The molecule has 1 unspecified atom stereocenters. The van der Waals surface area contributed by atoms with Gasteiger partial charge in [-0.3, -0.25) is 0 Å². The van der Waals surface area contributed by atoms with Crippen LogP contribution in [0.1, 0.15) is 34.9 Å². The quantitative estimate of drug-likeness (QED) is 0.902. The molecule has 1 aromatic carbocycles. The number of aromatic nitrogens is 2. The van der Waals surface area contributed by atoms with Crippen LogP contribution in [0.5, 0.6) is 0 Å². The van der Waals surface area contributed by atoms with Crippen LogP contribution in [0.15, 0.2) is 35.1 Å². The second-order valence-electron chi connectivity index (χ2n) is 5.09. The molecule has 1 atom stereocenters. The van der Waals surface area contributed by atoms with Gasteiger partial charge in [-0.05, 0) is 46.5 Å². The van der Waals surface area contributed by atoms with Gasteiger partial charge in [-0.1, -0.05) is 6.07 Å². The van der Waals surface area contributed by atoms with Crippen molar-refractivity contribution in [3.63, 3.8) is 0 Å². The largest absolute Gasteiger partial charge is 0.476 e. The Kier molecular flexibility index (Phi) is 4.06. The van der Waals surface area contributed by atoms with Crippen molar-refractivity contribution in [1.29, 1.82) is 0 Å². The number of nitrogens with zero attached hydrogens (tertiary/aromatic N) is 3. The van der Waals surface area contributed by atoms with Crippen molar-refractivity contribution in [2.45, 2.75) is 18.9 Å². The van der Waals surface area contributed by atoms with E-state index in [0.29, 0.717) is 10.3 Å². The Hall–Kier alpha value is -2.02. The number of carbonyl (C=O) groups is 1. The first-order valence-corrected chi connectivity index (χ1v) is 7.62. The summed E-state index contributed by atoms with van der Waals surface area (Å²) in [6.45, 7) is 0.781. The molecule has 0 bridgehead atoms. The number of hydrogen-bond acceptors (Lipinski definition) is 4. The van der Waals surface area contributed by atoms with Crippen LogP contribution in [0.4, 0.5) is 10.2 Å². The Morgan fingerprint density at radius 2 is 2.18 bits per heavy atom. The summed E-state index contributed by atoms with van der Waals surface area (Å²) in [7, 11) is 0. The Bertz CT molecular complexity index is 708. The van der Waals surface area contributed by atoms with Gasteiger partial charge in [-0.15, -0.1) is 0 Å². The molecule has 0 amide bonds. The van der Waals surface area contributed by atoms with E-state index in [1.807, 2.05) is 11.0 Å². The maximum absolute atomic E-state index is 13.7. The molecule has 1 aliphatic heterocycles. The molecular formula is C15H13BrFN3O2. The molecule has 2 aromatic rings. The van der Waals surface area contributed by atoms with Gasteiger partial charge in [0.25, 0.3) is 0 Å². The highest BCUT2D eigenvalue weighted by Crippen LogP contribution is 2.35. The number of anilines is 1. The topological polar surface area (TPSA) is 66.3 Å². The lowest BCUT2D eigenvalue weighted by Gasteiger charge is -2.26. The number of carboxylic acid groups (broad SMARTS) is 1. The van der Waals surface area contributed by atoms with Crippen LogP contribution in [0, 0.1) is 5.82 Å². The highest BCUT2D eigenvalue weighted by molar-refractivity contribution is 9.10. The van der Waals surface area contributed by atoms with Crippen molar-refractivity contribution in [3.05, 3.63) is 52.1 Å². The zero-order valence-corrected chi connectivity index (χ0v) is 13.1. The van der Waals surface area contributed by atoms with E-state index in [1.54, 1.807) is 6.07 Å². The van der Waals surface area contributed by atoms with Gasteiger partial charge in [-0.2, -0.15) is 0 Å². The first kappa shape index (κ1) is 14.9. The summed E-state index contributed by atoms with van der Waals surface area (Å²) in [5.74, 6) is -0.792. The van der Waals surface area contributed by atoms with E-state index in [9.17, 15) is 9.18 Å². The predicted molar refractivity (Wildman–Crippen MR) is 82.4 cm³/mol. The summed E-state index contributed by atoms with van der Waals surface area (Å²) in [6, 6.07) is 5.12. The highest BCUT2D eigenvalue weighted by atomic mass is 79.9. The average molecular weight is 366 g/mol. The third-order valence-corrected chi connectivity index (χ3v) is 4.38. The lowest BCUT2D eigenvalue weighted by molar-refractivity contribution is 0.0690. The number of benzene rings is 1. The number of aromatic carboxylic acids is 1. The monoisotopic (exact) mass is 365 g/mol. The molecule has 7 heteroatoms. The van der Waals surface area contributed by atoms with Gasteiger partial charge >= 0.3 is 5.97 Å². The van der Waals surface area contributed by atoms with Crippen LogP contribution in [0.3, 0.4) is 0 Å². The molecule has 0 spiro atoms. The first-order valence-electron chi connectivity index (χ1n) is 6.83. The minimum atomic E-state index is -1.10. The van der Waals surface area contributed by atoms with Crippen molar-refractivity contribution in [1.82, 2.24) is 9.97 Å². The van der Waals surface area contributed by atoms with Crippen molar-refractivity contribution in [3.8, 4) is 0 Å². The average Bonchev–Trinajstić information content (AvgIpc) is 2.99. The van der Waals surface area contributed by atoms with Gasteiger partial charge in [0.1, 0.15) is 11.6 Å². The molecule has 0 radical (unpaired) electrons. The zero-order valence-electron chi connectivity index (χ0n) is 11.5. The first-order chi connectivity index (χ1) is 10.6. The van der Waals surface area contributed by atoms with Crippen molar-refractivity contribution < 1.29 is 14.3 Å². The molecule has 22 heavy (non-hydrogen) atoms. The highest BCUT2D eigenvalue weighted by Gasteiger charge is 2.28. The molecule has 2 heterocycles. The van der Waals surface area contributed by atoms with Crippen molar-refractivity contribution >= 4 is 27.7 Å². The van der Waals surface area contributed by atoms with Crippen molar-refractivity contribution in [2.75, 3.05) is 11.4 Å². The summed E-state index contributed by atoms with van der Waals surface area (Å²) in [5, 5.41) is 8.87. The molecule has 0 aliphatic carbocycles. The minimum Gasteiger partial charge on any atom is -0.476 e. The second-order valence-corrected chi connectivity index (χ2v) is 5.94. The van der Waals surface area contributed by atoms with Gasteiger partial charge in [0, 0.05) is 6.54 Å². The van der Waals surface area contributed by atoms with Gasteiger partial charge < -0.3 is 10.0 Å². The molecule has 3 rings (SSSR count). The Labute approximate surface area is 134 Å². The molecule has 1 saturated heterocycles. The standard InChI is InChI=1S/C15H13BrFN3O2/c16-10-4-3-9(6-11(10)17)13-2-1-5-20(13)14-8-18-12(7-19-14)15(21)22/h3-4,6-8,13H,1-2,5H2,(H,21,22). The fraction of sp³-hybridized carbons (Fsp3) is 0.267. The molecular weight excluding hydrogens is 353 g/mol. The second kappa shape index (κ2) is 6.00. The lowest BCUT2D eigenvalue weighted by atomic mass is 10.0. The summed E-state index contributed by atoms with van der Waals surface area (Å²) >= 11 is 3.15. The lowest BCUT2D eigenvalue weighted by Crippen LogP contribution is -2.24. The van der Waals surface area contributed by atoms with Gasteiger partial charge in [0.05, 0.1) is 22.9 Å². The predicted octanol–water partition coefficient (Wildman–Crippen LogP) is 3.42. The van der Waals surface area contributed by atoms with Gasteiger partial charge in [0.15, 0.2) is 5.69 Å². The fourth-order valence-electron chi connectivity index (χ4n) is 2.69. The molecule has 0 saturated carbocycles. The minimum absolute atomic E-state index is 0.0209. The van der Waals surface area contributed by atoms with Crippen LogP contribution in [0.2, 0.25) is 0 Å². The summed E-state index contributed by atoms with van der Waals surface area (Å²) in [6.07, 6.45) is 4.56. The van der Waals surface area contributed by atoms with Crippen LogP contribution in [-0.4, -0.2) is 27.6 Å². The van der Waals surface area contributed by atoms with Crippen LogP contribution in [-0.2, 0) is 0 Å². The molecule has 1 N–H and O–H groups in total. The smallest absolute Gasteiger partial charge is 0.356 e. The van der Waals surface area contributed by atoms with E-state index in [1.165, 1.54) is 18.5 Å². The van der Waals surface area contributed by atoms with Gasteiger partial charge in [-0.25, -0.2) is 19.2 Å². The number of halogens is 2. The number of rotatable bonds is 3. The van der Waals surface area contributed by atoms with Crippen LogP contribution >= 0.6 is 15.9 Å². The third-order valence-electron chi connectivity index (χ3n) is 3.73. The van der Waals surface area contributed by atoms with E-state index in [0.717, 1.165) is 24.9 Å². The maximum Gasteiger partial charge on any atom is 0.356 e. The van der Waals surface area contributed by atoms with Crippen LogP contribution in [0.25, 0.3) is 0 Å². The molecule has 5 nitrogen and oxygen atoms in total. The Balaban J connectivity index is 1.89. The van der Waals surface area contributed by atoms with Crippen LogP contribution < -0.4 is 4.90 Å². The molecule has 114 valence electrons. The molecule has 1 aromatic heterocycles. The molecule has 1 fully saturated rings. The Morgan fingerprint density at radius 1 is 1.36 bits per heavy atom. The normalized spacial score (nSPS) is 17.7. The van der Waals surface area contributed by atoms with E-state index in [2.05, 4.69) is 25.9 Å². The maximum atomic E-state index is 13.7. The number of hydrogen-bond donors (Lipinski definition) is 1. The van der Waals surface area contributed by atoms with E-state index in [-0.39, 0.29) is 17.6 Å². The Morgan fingerprint density at radius 3 is 2.82 bits per heavy atom. The summed E-state index contributed by atoms with van der Waals surface area (Å²) in [4.78, 5) is 20.9. The van der Waals surface area contributed by atoms with E-state index < -0.39 is 5.97 Å². The molecule has 1 aliphatic rings. The third kappa shape index (κ3) is 2.81. The van der Waals surface area contributed by atoms with E-state index >= 15 is 0 Å².